The highest BCUT2D eigenvalue weighted by molar-refractivity contribution is 5.73. The van der Waals surface area contributed by atoms with Crippen molar-refractivity contribution in [1.29, 1.82) is 0 Å². The smallest absolute Gasteiger partial charge is 0.314 e. The van der Waals surface area contributed by atoms with Crippen molar-refractivity contribution in [3.63, 3.8) is 0 Å². The van der Waals surface area contributed by atoms with Crippen LogP contribution in [0, 0.1) is 19.7 Å². The predicted molar refractivity (Wildman–Crippen MR) is 92.9 cm³/mol. The fourth-order valence-corrected chi connectivity index (χ4v) is 2.21. The zero-order valence-corrected chi connectivity index (χ0v) is 14.1. The predicted octanol–water partition coefficient (Wildman–Crippen LogP) is 3.36. The van der Waals surface area contributed by atoms with Gasteiger partial charge in [-0.1, -0.05) is 24.3 Å². The zero-order chi connectivity index (χ0) is 17.4. The van der Waals surface area contributed by atoms with E-state index >= 15 is 0 Å². The summed E-state index contributed by atoms with van der Waals surface area (Å²) in [6.45, 7) is 5.25. The van der Waals surface area contributed by atoms with Crippen molar-refractivity contribution in [2.75, 3.05) is 19.7 Å². The quantitative estimate of drug-likeness (QED) is 0.765. The number of rotatable bonds is 7. The van der Waals surface area contributed by atoms with Crippen molar-refractivity contribution < 1.29 is 13.9 Å². The van der Waals surface area contributed by atoms with Gasteiger partial charge in [0.15, 0.2) is 0 Å². The standard InChI is InChI=1S/C19H23FN2O2/c1-14-7-8-17(13-15(14)2)24-12-11-22-19(23)21-10-9-16-5-3-4-6-18(16)20/h3-8,13H,9-12H2,1-2H3,(H2,21,22,23). The van der Waals surface area contributed by atoms with E-state index in [1.165, 1.54) is 17.2 Å². The van der Waals surface area contributed by atoms with E-state index in [0.717, 1.165) is 5.75 Å². The summed E-state index contributed by atoms with van der Waals surface area (Å²) >= 11 is 0. The van der Waals surface area contributed by atoms with Crippen LogP contribution in [0.25, 0.3) is 0 Å². The third-order valence-corrected chi connectivity index (χ3v) is 3.77. The third kappa shape index (κ3) is 5.57. The van der Waals surface area contributed by atoms with E-state index in [1.807, 2.05) is 32.0 Å². The zero-order valence-electron chi connectivity index (χ0n) is 14.1. The molecule has 0 fully saturated rings. The molecule has 5 heteroatoms. The van der Waals surface area contributed by atoms with Crippen LogP contribution < -0.4 is 15.4 Å². The Morgan fingerprint density at radius 1 is 1.04 bits per heavy atom. The molecular weight excluding hydrogens is 307 g/mol. The van der Waals surface area contributed by atoms with Gasteiger partial charge in [-0.25, -0.2) is 9.18 Å². The number of nitrogens with one attached hydrogen (secondary N) is 2. The monoisotopic (exact) mass is 330 g/mol. The van der Waals surface area contributed by atoms with Crippen LogP contribution in [0.2, 0.25) is 0 Å². The molecule has 0 atom stereocenters. The van der Waals surface area contributed by atoms with Crippen LogP contribution >= 0.6 is 0 Å². The lowest BCUT2D eigenvalue weighted by Crippen LogP contribution is -2.38. The van der Waals surface area contributed by atoms with Crippen molar-refractivity contribution in [3.05, 3.63) is 65.0 Å². The maximum absolute atomic E-state index is 13.4. The van der Waals surface area contributed by atoms with Gasteiger partial charge in [0.25, 0.3) is 0 Å². The summed E-state index contributed by atoms with van der Waals surface area (Å²) in [6, 6.07) is 12.2. The van der Waals surface area contributed by atoms with E-state index < -0.39 is 0 Å². The first-order valence-corrected chi connectivity index (χ1v) is 8.01. The van der Waals surface area contributed by atoms with Gasteiger partial charge in [-0.3, -0.25) is 0 Å². The molecule has 0 aromatic heterocycles. The lowest BCUT2D eigenvalue weighted by Gasteiger charge is -2.10. The maximum atomic E-state index is 13.4. The third-order valence-electron chi connectivity index (χ3n) is 3.77. The van der Waals surface area contributed by atoms with Gasteiger partial charge >= 0.3 is 6.03 Å². The van der Waals surface area contributed by atoms with Crippen LogP contribution in [0.4, 0.5) is 9.18 Å². The van der Waals surface area contributed by atoms with Crippen LogP contribution in [0.3, 0.4) is 0 Å². The molecule has 2 rings (SSSR count). The Hall–Kier alpha value is -2.56. The molecule has 24 heavy (non-hydrogen) atoms. The lowest BCUT2D eigenvalue weighted by molar-refractivity contribution is 0.236. The molecule has 2 amide bonds. The Labute approximate surface area is 142 Å². The number of hydrogen-bond donors (Lipinski definition) is 2. The highest BCUT2D eigenvalue weighted by Crippen LogP contribution is 2.16. The van der Waals surface area contributed by atoms with Crippen LogP contribution in [0.15, 0.2) is 42.5 Å². The number of amides is 2. The highest BCUT2D eigenvalue weighted by Gasteiger charge is 2.03. The minimum atomic E-state index is -0.282. The lowest BCUT2D eigenvalue weighted by atomic mass is 10.1. The van der Waals surface area contributed by atoms with E-state index in [1.54, 1.807) is 18.2 Å². The normalized spacial score (nSPS) is 10.3. The molecular formula is C19H23FN2O2. The first-order chi connectivity index (χ1) is 11.6. The van der Waals surface area contributed by atoms with Crippen molar-refractivity contribution in [2.24, 2.45) is 0 Å². The number of aryl methyl sites for hydroxylation is 2. The van der Waals surface area contributed by atoms with Gasteiger partial charge in [-0.2, -0.15) is 0 Å². The topological polar surface area (TPSA) is 50.4 Å². The average molecular weight is 330 g/mol. The Morgan fingerprint density at radius 2 is 1.79 bits per heavy atom. The van der Waals surface area contributed by atoms with E-state index in [0.29, 0.717) is 31.7 Å². The van der Waals surface area contributed by atoms with Gasteiger partial charge in [0.2, 0.25) is 0 Å². The fourth-order valence-electron chi connectivity index (χ4n) is 2.21. The summed E-state index contributed by atoms with van der Waals surface area (Å²) in [6.07, 6.45) is 0.458. The van der Waals surface area contributed by atoms with Crippen molar-refractivity contribution in [2.45, 2.75) is 20.3 Å². The van der Waals surface area contributed by atoms with Gasteiger partial charge in [0.1, 0.15) is 18.2 Å². The van der Waals surface area contributed by atoms with Crippen LogP contribution in [-0.4, -0.2) is 25.7 Å². The molecule has 2 N–H and O–H groups in total. The molecule has 0 spiro atoms. The summed E-state index contributed by atoms with van der Waals surface area (Å²) in [5, 5.41) is 5.41. The first kappa shape index (κ1) is 17.8. The molecule has 0 bridgehead atoms. The molecule has 2 aromatic carbocycles. The molecule has 0 aliphatic carbocycles. The Morgan fingerprint density at radius 3 is 2.54 bits per heavy atom. The molecule has 0 unspecified atom stereocenters. The summed E-state index contributed by atoms with van der Waals surface area (Å²) in [5.41, 5.74) is 2.98. The van der Waals surface area contributed by atoms with Gasteiger partial charge < -0.3 is 15.4 Å². The Bertz CT molecular complexity index is 689. The number of halogens is 1. The minimum absolute atomic E-state index is 0.249. The number of ether oxygens (including phenoxy) is 1. The minimum Gasteiger partial charge on any atom is -0.492 e. The Kier molecular flexibility index (Phi) is 6.61. The average Bonchev–Trinajstić information content (AvgIpc) is 2.56. The number of carbonyl (C=O) groups is 1. The second-order valence-corrected chi connectivity index (χ2v) is 5.62. The largest absolute Gasteiger partial charge is 0.492 e. The summed E-state index contributed by atoms with van der Waals surface area (Å²) in [7, 11) is 0. The van der Waals surface area contributed by atoms with Crippen LogP contribution in [0.1, 0.15) is 16.7 Å². The molecule has 2 aromatic rings. The highest BCUT2D eigenvalue weighted by atomic mass is 19.1. The first-order valence-electron chi connectivity index (χ1n) is 8.01. The number of benzene rings is 2. The van der Waals surface area contributed by atoms with Gasteiger partial charge in [0.05, 0.1) is 6.54 Å². The summed E-state index contributed by atoms with van der Waals surface area (Å²) in [4.78, 5) is 11.7. The number of carbonyl (C=O) groups excluding carboxylic acids is 1. The molecule has 4 nitrogen and oxygen atoms in total. The maximum Gasteiger partial charge on any atom is 0.314 e. The summed E-state index contributed by atoms with van der Waals surface area (Å²) in [5.74, 6) is 0.543. The Balaban J connectivity index is 1.61. The molecule has 0 heterocycles. The van der Waals surface area contributed by atoms with Crippen LogP contribution in [-0.2, 0) is 6.42 Å². The van der Waals surface area contributed by atoms with E-state index in [4.69, 9.17) is 4.74 Å². The van der Waals surface area contributed by atoms with Gasteiger partial charge in [0, 0.05) is 6.54 Å². The second-order valence-electron chi connectivity index (χ2n) is 5.62. The van der Waals surface area contributed by atoms with E-state index in [-0.39, 0.29) is 11.8 Å². The second kappa shape index (κ2) is 8.91. The van der Waals surface area contributed by atoms with Gasteiger partial charge in [-0.05, 0) is 55.2 Å². The van der Waals surface area contributed by atoms with Crippen molar-refractivity contribution >= 4 is 6.03 Å². The number of urea groups is 1. The molecule has 0 aliphatic rings. The molecule has 0 saturated heterocycles. The number of hydrogen-bond acceptors (Lipinski definition) is 2. The van der Waals surface area contributed by atoms with Crippen molar-refractivity contribution in [3.8, 4) is 5.75 Å². The molecule has 0 aliphatic heterocycles. The van der Waals surface area contributed by atoms with Crippen LogP contribution in [0.5, 0.6) is 5.75 Å². The van der Waals surface area contributed by atoms with Crippen molar-refractivity contribution in [1.82, 2.24) is 10.6 Å². The van der Waals surface area contributed by atoms with E-state index in [9.17, 15) is 9.18 Å². The fraction of sp³-hybridized carbons (Fsp3) is 0.316. The van der Waals surface area contributed by atoms with Gasteiger partial charge in [-0.15, -0.1) is 0 Å². The summed E-state index contributed by atoms with van der Waals surface area (Å²) < 4.78 is 19.0. The SMILES string of the molecule is Cc1ccc(OCCNC(=O)NCCc2ccccc2F)cc1C. The molecule has 0 radical (unpaired) electrons. The molecule has 128 valence electrons. The van der Waals surface area contributed by atoms with E-state index in [2.05, 4.69) is 10.6 Å². The molecule has 0 saturated carbocycles.